The van der Waals surface area contributed by atoms with E-state index < -0.39 is 22.0 Å². The van der Waals surface area contributed by atoms with Gasteiger partial charge in [0, 0.05) is 24.0 Å². The molecule has 0 aliphatic carbocycles. The summed E-state index contributed by atoms with van der Waals surface area (Å²) in [5.74, 6) is -0.438. The quantitative estimate of drug-likeness (QED) is 0.433. The van der Waals surface area contributed by atoms with E-state index in [0.29, 0.717) is 29.2 Å². The van der Waals surface area contributed by atoms with E-state index in [1.165, 1.54) is 39.9 Å². The predicted octanol–water partition coefficient (Wildman–Crippen LogP) is 4.33. The minimum atomic E-state index is -3.82. The first-order valence-corrected chi connectivity index (χ1v) is 12.8. The van der Waals surface area contributed by atoms with Gasteiger partial charge in [-0.05, 0) is 48.6 Å². The largest absolute Gasteiger partial charge is 0.319 e. The number of carbonyl (C=O) groups is 1. The fraction of sp³-hybridized carbons (Fsp3) is 0.217. The maximum absolute atomic E-state index is 13.2. The van der Waals surface area contributed by atoms with Crippen molar-refractivity contribution in [3.63, 3.8) is 0 Å². The molecule has 9 heteroatoms. The zero-order valence-corrected chi connectivity index (χ0v) is 19.6. The van der Waals surface area contributed by atoms with Crippen molar-refractivity contribution in [2.45, 2.75) is 23.8 Å². The lowest BCUT2D eigenvalue weighted by atomic mass is 10.1. The topological polar surface area (TPSA) is 71.7 Å². The van der Waals surface area contributed by atoms with Crippen LogP contribution in [0.15, 0.2) is 70.6 Å². The minimum absolute atomic E-state index is 0.125. The molecule has 5 rings (SSSR count). The summed E-state index contributed by atoms with van der Waals surface area (Å²) in [6.45, 7) is 0.292. The fourth-order valence-electron chi connectivity index (χ4n) is 4.21. The Kier molecular flexibility index (Phi) is 5.41. The number of amides is 1. The number of hydrogen-bond acceptors (Lipinski definition) is 4. The van der Waals surface area contributed by atoms with Crippen LogP contribution in [0.1, 0.15) is 12.8 Å². The van der Waals surface area contributed by atoms with Crippen LogP contribution in [0.3, 0.4) is 0 Å². The van der Waals surface area contributed by atoms with Gasteiger partial charge in [-0.15, -0.1) is 0 Å². The maximum atomic E-state index is 13.2. The minimum Gasteiger partial charge on any atom is -0.319 e. The van der Waals surface area contributed by atoms with E-state index in [2.05, 4.69) is 11.1 Å². The molecular formula is C23H20ClN3O3S2. The third kappa shape index (κ3) is 3.57. The van der Waals surface area contributed by atoms with Crippen molar-refractivity contribution < 1.29 is 13.2 Å². The van der Waals surface area contributed by atoms with Crippen LogP contribution in [0, 0.1) is 0 Å². The predicted molar refractivity (Wildman–Crippen MR) is 127 cm³/mol. The van der Waals surface area contributed by atoms with Crippen LogP contribution < -0.4 is 4.80 Å². The fourth-order valence-corrected chi connectivity index (χ4v) is 7.03. The van der Waals surface area contributed by atoms with Crippen molar-refractivity contribution >= 4 is 59.9 Å². The highest BCUT2D eigenvalue weighted by molar-refractivity contribution is 7.89. The average Bonchev–Trinajstić information content (AvgIpc) is 3.40. The number of carbonyl (C=O) groups excluding carboxylic acids is 1. The van der Waals surface area contributed by atoms with Gasteiger partial charge >= 0.3 is 0 Å². The van der Waals surface area contributed by atoms with Crippen LogP contribution >= 0.6 is 22.9 Å². The smallest absolute Gasteiger partial charge is 0.266 e. The maximum Gasteiger partial charge on any atom is 0.266 e. The lowest BCUT2D eigenvalue weighted by Gasteiger charge is -2.21. The first-order chi connectivity index (χ1) is 15.4. The van der Waals surface area contributed by atoms with Crippen molar-refractivity contribution in [1.82, 2.24) is 8.87 Å². The van der Waals surface area contributed by atoms with Crippen molar-refractivity contribution in [3.8, 4) is 0 Å². The molecule has 0 spiro atoms. The molecule has 32 heavy (non-hydrogen) atoms. The van der Waals surface area contributed by atoms with E-state index >= 15 is 0 Å². The molecule has 3 aromatic carbocycles. The number of fused-ring (bicyclic) bond motifs is 3. The highest BCUT2D eigenvalue weighted by Gasteiger charge is 2.39. The number of benzene rings is 3. The molecule has 4 aromatic rings. The molecule has 1 saturated heterocycles. The monoisotopic (exact) mass is 485 g/mol. The summed E-state index contributed by atoms with van der Waals surface area (Å²) in [5, 5.41) is 2.66. The zero-order chi connectivity index (χ0) is 22.5. The molecule has 0 saturated carbocycles. The van der Waals surface area contributed by atoms with Gasteiger partial charge in [-0.3, -0.25) is 4.79 Å². The second kappa shape index (κ2) is 8.12. The molecule has 1 fully saturated rings. The first kappa shape index (κ1) is 21.3. The van der Waals surface area contributed by atoms with Gasteiger partial charge in [0.15, 0.2) is 4.80 Å². The first-order valence-electron chi connectivity index (χ1n) is 10.2. The molecule has 6 nitrogen and oxygen atoms in total. The third-order valence-corrected chi connectivity index (χ3v) is 9.07. The summed E-state index contributed by atoms with van der Waals surface area (Å²) in [7, 11) is -1.93. The van der Waals surface area contributed by atoms with Gasteiger partial charge in [-0.2, -0.15) is 9.30 Å². The Morgan fingerprint density at radius 2 is 1.84 bits per heavy atom. The molecule has 0 N–H and O–H groups in total. The molecule has 1 amide bonds. The number of aromatic nitrogens is 1. The Bertz CT molecular complexity index is 1520. The van der Waals surface area contributed by atoms with E-state index in [4.69, 9.17) is 11.6 Å². The second-order valence-corrected chi connectivity index (χ2v) is 11.1. The Morgan fingerprint density at radius 1 is 1.09 bits per heavy atom. The van der Waals surface area contributed by atoms with E-state index in [-0.39, 0.29) is 4.90 Å². The number of nitrogens with zero attached hydrogens (tertiary/aromatic N) is 3. The molecule has 2 heterocycles. The summed E-state index contributed by atoms with van der Waals surface area (Å²) >= 11 is 7.32. The molecule has 1 unspecified atom stereocenters. The van der Waals surface area contributed by atoms with Crippen LogP contribution in [0.4, 0.5) is 0 Å². The molecule has 0 radical (unpaired) electrons. The Labute approximate surface area is 194 Å². The Hall–Kier alpha value is -2.52. The number of halogens is 1. The molecule has 1 atom stereocenters. The zero-order valence-electron chi connectivity index (χ0n) is 17.2. The number of aryl methyl sites for hydroxylation is 1. The van der Waals surface area contributed by atoms with E-state index in [9.17, 15) is 13.2 Å². The van der Waals surface area contributed by atoms with Crippen molar-refractivity contribution in [3.05, 3.63) is 70.5 Å². The lowest BCUT2D eigenvalue weighted by Crippen LogP contribution is -2.40. The number of hydrogen-bond donors (Lipinski definition) is 0. The van der Waals surface area contributed by atoms with Crippen molar-refractivity contribution in [1.29, 1.82) is 0 Å². The average molecular weight is 486 g/mol. The SMILES string of the molecule is Cn1c(=NC(=O)C2CCCN2S(=O)(=O)c2ccc(Cl)cc2)sc2ccc3ccccc3c21. The molecule has 1 aliphatic heterocycles. The molecule has 0 bridgehead atoms. The van der Waals surface area contributed by atoms with Crippen molar-refractivity contribution in [2.75, 3.05) is 6.54 Å². The Morgan fingerprint density at radius 3 is 2.62 bits per heavy atom. The summed E-state index contributed by atoms with van der Waals surface area (Å²) in [5.41, 5.74) is 1.01. The van der Waals surface area contributed by atoms with Gasteiger partial charge < -0.3 is 4.57 Å². The van der Waals surface area contributed by atoms with Gasteiger partial charge in [0.1, 0.15) is 6.04 Å². The van der Waals surface area contributed by atoms with Crippen LogP contribution in [0.5, 0.6) is 0 Å². The van der Waals surface area contributed by atoms with Crippen LogP contribution in [0.25, 0.3) is 21.0 Å². The van der Waals surface area contributed by atoms with Gasteiger partial charge in [-0.25, -0.2) is 8.42 Å². The molecular weight excluding hydrogens is 466 g/mol. The summed E-state index contributed by atoms with van der Waals surface area (Å²) in [6, 6.07) is 17.3. The summed E-state index contributed by atoms with van der Waals surface area (Å²) in [6.07, 6.45) is 1.06. The number of thiazole rings is 1. The van der Waals surface area contributed by atoms with Gasteiger partial charge in [0.05, 0.1) is 15.1 Å². The number of rotatable bonds is 3. The molecule has 1 aromatic heterocycles. The summed E-state index contributed by atoms with van der Waals surface area (Å²) < 4.78 is 30.5. The van der Waals surface area contributed by atoms with Crippen LogP contribution in [-0.4, -0.2) is 35.8 Å². The van der Waals surface area contributed by atoms with Gasteiger partial charge in [-0.1, -0.05) is 53.3 Å². The normalized spacial score (nSPS) is 18.1. The van der Waals surface area contributed by atoms with Gasteiger partial charge in [0.25, 0.3) is 5.91 Å². The van der Waals surface area contributed by atoms with Crippen LogP contribution in [-0.2, 0) is 21.9 Å². The standard InChI is InChI=1S/C23H20ClN3O3S2/c1-26-21-18-6-3-2-5-15(18)8-13-20(21)31-23(26)25-22(28)19-7-4-14-27(19)32(29,30)17-11-9-16(24)10-12-17/h2-3,5-6,8-13,19H,4,7,14H2,1H3. The van der Waals surface area contributed by atoms with Crippen LogP contribution in [0.2, 0.25) is 5.02 Å². The van der Waals surface area contributed by atoms with E-state index in [1.807, 2.05) is 41.9 Å². The number of sulfonamides is 1. The van der Waals surface area contributed by atoms with E-state index in [0.717, 1.165) is 21.0 Å². The van der Waals surface area contributed by atoms with Crippen molar-refractivity contribution in [2.24, 2.45) is 12.0 Å². The van der Waals surface area contributed by atoms with Gasteiger partial charge in [0.2, 0.25) is 10.0 Å². The Balaban J connectivity index is 1.54. The summed E-state index contributed by atoms with van der Waals surface area (Å²) in [4.78, 5) is 18.2. The second-order valence-electron chi connectivity index (χ2n) is 7.75. The lowest BCUT2D eigenvalue weighted by molar-refractivity contribution is -0.121. The molecule has 1 aliphatic rings. The molecule has 164 valence electrons. The highest BCUT2D eigenvalue weighted by atomic mass is 35.5. The van der Waals surface area contributed by atoms with E-state index in [1.54, 1.807) is 0 Å². The third-order valence-electron chi connectivity index (χ3n) is 5.80. The highest BCUT2D eigenvalue weighted by Crippen LogP contribution is 2.29.